The Labute approximate surface area is 177 Å². The summed E-state index contributed by atoms with van der Waals surface area (Å²) in [5.74, 6) is 0.580. The van der Waals surface area contributed by atoms with E-state index in [-0.39, 0.29) is 5.82 Å². The number of ether oxygens (including phenoxy) is 1. The molecule has 2 aromatic carbocycles. The predicted molar refractivity (Wildman–Crippen MR) is 115 cm³/mol. The average molecular weight is 422 g/mol. The maximum atomic E-state index is 10.7. The molecule has 0 saturated carbocycles. The molecule has 1 aliphatic rings. The first kappa shape index (κ1) is 19.6. The number of benzene rings is 2. The van der Waals surface area contributed by atoms with E-state index in [0.29, 0.717) is 17.1 Å². The number of rotatable bonds is 4. The lowest BCUT2D eigenvalue weighted by Gasteiger charge is -2.25. The van der Waals surface area contributed by atoms with Crippen molar-refractivity contribution >= 4 is 39.4 Å². The standard InChI is InChI=1S/C21H22N6O4/c1-26(13-8-4-6-11-5-2-3-7-12(11)13)21-25-15-18(22)23-10-24-19(15)27(21)20-17(30)16(29)14(9-28)31-20/h2-8,10,14,16-17,20,28-30H,9H2,1H3,(H2,22,23,24)/t14-,16-,17-,20-/m1/s1. The van der Waals surface area contributed by atoms with Gasteiger partial charge in [0.15, 0.2) is 23.2 Å². The third kappa shape index (κ3) is 3.00. The minimum atomic E-state index is -1.30. The molecule has 160 valence electrons. The molecule has 1 aliphatic heterocycles. The van der Waals surface area contributed by atoms with Crippen LogP contribution in [0.15, 0.2) is 48.8 Å². The fourth-order valence-corrected chi connectivity index (χ4v) is 4.09. The molecule has 4 atom stereocenters. The first-order valence-corrected chi connectivity index (χ1v) is 9.83. The van der Waals surface area contributed by atoms with Gasteiger partial charge in [0.25, 0.3) is 0 Å². The van der Waals surface area contributed by atoms with Crippen molar-refractivity contribution in [2.24, 2.45) is 0 Å². The third-order valence-electron chi connectivity index (χ3n) is 5.69. The Kier molecular flexibility index (Phi) is 4.71. The molecule has 0 radical (unpaired) electrons. The molecule has 0 amide bonds. The molecule has 1 saturated heterocycles. The molecule has 0 unspecified atom stereocenters. The highest BCUT2D eigenvalue weighted by Gasteiger charge is 2.45. The van der Waals surface area contributed by atoms with Crippen LogP contribution in [0.4, 0.5) is 17.5 Å². The van der Waals surface area contributed by atoms with Crippen LogP contribution < -0.4 is 10.6 Å². The fraction of sp³-hybridized carbons (Fsp3) is 0.286. The van der Waals surface area contributed by atoms with Crippen LogP contribution in [0.1, 0.15) is 6.23 Å². The molecule has 3 heterocycles. The lowest BCUT2D eigenvalue weighted by Crippen LogP contribution is -2.33. The van der Waals surface area contributed by atoms with Crippen molar-refractivity contribution in [1.82, 2.24) is 19.5 Å². The highest BCUT2D eigenvalue weighted by molar-refractivity contribution is 5.96. The van der Waals surface area contributed by atoms with Crippen molar-refractivity contribution in [3.8, 4) is 0 Å². The summed E-state index contributed by atoms with van der Waals surface area (Å²) >= 11 is 0. The van der Waals surface area contributed by atoms with Gasteiger partial charge in [-0.15, -0.1) is 0 Å². The Morgan fingerprint density at radius 2 is 1.87 bits per heavy atom. The van der Waals surface area contributed by atoms with E-state index in [1.165, 1.54) is 6.33 Å². The molecule has 2 aromatic heterocycles. The number of nitrogen functional groups attached to an aromatic ring is 1. The number of anilines is 3. The van der Waals surface area contributed by atoms with E-state index >= 15 is 0 Å². The van der Waals surface area contributed by atoms with Crippen LogP contribution in [0.25, 0.3) is 21.9 Å². The average Bonchev–Trinajstić information content (AvgIpc) is 3.31. The molecule has 10 heteroatoms. The summed E-state index contributed by atoms with van der Waals surface area (Å²) in [7, 11) is 1.84. The minimum absolute atomic E-state index is 0.183. The van der Waals surface area contributed by atoms with Gasteiger partial charge in [0.2, 0.25) is 5.95 Å². The highest BCUT2D eigenvalue weighted by Crippen LogP contribution is 2.39. The summed E-state index contributed by atoms with van der Waals surface area (Å²) in [6, 6.07) is 13.9. The van der Waals surface area contributed by atoms with Crippen molar-refractivity contribution < 1.29 is 20.1 Å². The maximum absolute atomic E-state index is 10.7. The van der Waals surface area contributed by atoms with Gasteiger partial charge >= 0.3 is 0 Å². The van der Waals surface area contributed by atoms with Crippen molar-refractivity contribution in [3.05, 3.63) is 48.8 Å². The normalized spacial score (nSPS) is 23.6. The number of aliphatic hydroxyl groups is 3. The molecule has 5 N–H and O–H groups in total. The van der Waals surface area contributed by atoms with Gasteiger partial charge in [0.05, 0.1) is 12.3 Å². The first-order chi connectivity index (χ1) is 15.0. The topological polar surface area (TPSA) is 143 Å². The lowest BCUT2D eigenvalue weighted by molar-refractivity contribution is -0.0503. The van der Waals surface area contributed by atoms with E-state index in [1.807, 2.05) is 54.4 Å². The quantitative estimate of drug-likeness (QED) is 0.378. The van der Waals surface area contributed by atoms with Crippen molar-refractivity contribution in [2.75, 3.05) is 24.3 Å². The Balaban J connectivity index is 1.72. The van der Waals surface area contributed by atoms with E-state index in [2.05, 4.69) is 15.0 Å². The third-order valence-corrected chi connectivity index (χ3v) is 5.69. The maximum Gasteiger partial charge on any atom is 0.214 e. The van der Waals surface area contributed by atoms with Crippen LogP contribution in [0.2, 0.25) is 0 Å². The molecular formula is C21H22N6O4. The van der Waals surface area contributed by atoms with Crippen molar-refractivity contribution in [1.29, 1.82) is 0 Å². The second-order valence-electron chi connectivity index (χ2n) is 7.50. The fourth-order valence-electron chi connectivity index (χ4n) is 4.09. The van der Waals surface area contributed by atoms with Gasteiger partial charge in [-0.05, 0) is 11.5 Å². The molecule has 1 fully saturated rings. The van der Waals surface area contributed by atoms with E-state index in [9.17, 15) is 15.3 Å². The van der Waals surface area contributed by atoms with Crippen LogP contribution in [0.5, 0.6) is 0 Å². The van der Waals surface area contributed by atoms with E-state index in [1.54, 1.807) is 4.57 Å². The number of fused-ring (bicyclic) bond motifs is 2. The van der Waals surface area contributed by atoms with Crippen LogP contribution in [0, 0.1) is 0 Å². The molecular weight excluding hydrogens is 400 g/mol. The van der Waals surface area contributed by atoms with Crippen LogP contribution in [-0.2, 0) is 4.74 Å². The van der Waals surface area contributed by atoms with Gasteiger partial charge in [-0.3, -0.25) is 4.57 Å². The molecule has 5 rings (SSSR count). The second kappa shape index (κ2) is 7.43. The van der Waals surface area contributed by atoms with Gasteiger partial charge in [0.1, 0.15) is 24.6 Å². The largest absolute Gasteiger partial charge is 0.394 e. The van der Waals surface area contributed by atoms with Gasteiger partial charge in [-0.25, -0.2) is 15.0 Å². The van der Waals surface area contributed by atoms with E-state index in [4.69, 9.17) is 10.5 Å². The number of hydrogen-bond donors (Lipinski definition) is 4. The van der Waals surface area contributed by atoms with Crippen LogP contribution in [0.3, 0.4) is 0 Å². The van der Waals surface area contributed by atoms with E-state index in [0.717, 1.165) is 16.5 Å². The molecule has 31 heavy (non-hydrogen) atoms. The van der Waals surface area contributed by atoms with Crippen LogP contribution in [-0.4, -0.2) is 66.8 Å². The van der Waals surface area contributed by atoms with Crippen molar-refractivity contribution in [3.63, 3.8) is 0 Å². The van der Waals surface area contributed by atoms with Crippen LogP contribution >= 0.6 is 0 Å². The molecule has 0 bridgehead atoms. The Morgan fingerprint density at radius 1 is 1.10 bits per heavy atom. The molecule has 4 aromatic rings. The zero-order valence-corrected chi connectivity index (χ0v) is 16.7. The van der Waals surface area contributed by atoms with Gasteiger partial charge in [0, 0.05) is 12.4 Å². The smallest absolute Gasteiger partial charge is 0.214 e. The summed E-state index contributed by atoms with van der Waals surface area (Å²) in [5.41, 5.74) is 7.61. The van der Waals surface area contributed by atoms with Gasteiger partial charge in [-0.1, -0.05) is 36.4 Å². The SMILES string of the molecule is CN(c1cccc2ccccc12)c1nc2c(N)ncnc2n1[C@@H]1O[C@H](CO)[C@@H](O)[C@H]1O. The zero-order chi connectivity index (χ0) is 21.7. The van der Waals surface area contributed by atoms with Gasteiger partial charge in [-0.2, -0.15) is 0 Å². The van der Waals surface area contributed by atoms with Gasteiger partial charge < -0.3 is 30.7 Å². The second-order valence-corrected chi connectivity index (χ2v) is 7.50. The number of imidazole rings is 1. The predicted octanol–water partition coefficient (Wildman–Crippen LogP) is 0.941. The summed E-state index contributed by atoms with van der Waals surface area (Å²) in [6.07, 6.45) is -3.22. The number of hydrogen-bond acceptors (Lipinski definition) is 9. The highest BCUT2D eigenvalue weighted by atomic mass is 16.6. The number of nitrogens with zero attached hydrogens (tertiary/aromatic N) is 5. The zero-order valence-electron chi connectivity index (χ0n) is 16.7. The Morgan fingerprint density at radius 3 is 2.65 bits per heavy atom. The molecule has 0 aliphatic carbocycles. The summed E-state index contributed by atoms with van der Waals surface area (Å²) in [5, 5.41) is 32.6. The number of nitrogens with two attached hydrogens (primary N) is 1. The molecule has 10 nitrogen and oxygen atoms in total. The monoisotopic (exact) mass is 422 g/mol. The first-order valence-electron chi connectivity index (χ1n) is 9.83. The lowest BCUT2D eigenvalue weighted by atomic mass is 10.1. The molecule has 0 spiro atoms. The number of aromatic nitrogens is 4. The summed E-state index contributed by atoms with van der Waals surface area (Å²) < 4.78 is 7.37. The summed E-state index contributed by atoms with van der Waals surface area (Å²) in [6.45, 7) is -0.438. The number of aliphatic hydroxyl groups excluding tert-OH is 3. The van der Waals surface area contributed by atoms with Crippen molar-refractivity contribution in [2.45, 2.75) is 24.5 Å². The Hall–Kier alpha value is -3.31. The Bertz CT molecular complexity index is 1260. The summed E-state index contributed by atoms with van der Waals surface area (Å²) in [4.78, 5) is 14.8. The van der Waals surface area contributed by atoms with E-state index < -0.39 is 31.1 Å². The minimum Gasteiger partial charge on any atom is -0.394 e.